The van der Waals surface area contributed by atoms with Crippen LogP contribution in [-0.4, -0.2) is 44.0 Å². The number of para-hydroxylation sites is 1. The Kier molecular flexibility index (Phi) is 4.76. The van der Waals surface area contributed by atoms with Gasteiger partial charge in [0.25, 0.3) is 0 Å². The standard InChI is InChI=1S/C15H22ClN3O/c1-11(20)19-9-7-12(8-10-19)17-14-6-4-5-13(16)15(14)18(2)3/h4-6,12,17H,7-10H2,1-3H3. The van der Waals surface area contributed by atoms with Crippen LogP contribution in [0.1, 0.15) is 19.8 Å². The molecule has 110 valence electrons. The van der Waals surface area contributed by atoms with Gasteiger partial charge in [-0.3, -0.25) is 4.79 Å². The minimum atomic E-state index is 0.167. The molecule has 1 aliphatic rings. The zero-order valence-corrected chi connectivity index (χ0v) is 13.1. The molecule has 1 aromatic carbocycles. The van der Waals surface area contributed by atoms with Gasteiger partial charge in [0.1, 0.15) is 0 Å². The monoisotopic (exact) mass is 295 g/mol. The van der Waals surface area contributed by atoms with Crippen LogP contribution in [0.3, 0.4) is 0 Å². The molecule has 0 aliphatic carbocycles. The third-order valence-corrected chi connectivity index (χ3v) is 4.04. The van der Waals surface area contributed by atoms with Gasteiger partial charge >= 0.3 is 0 Å². The number of nitrogens with zero attached hydrogens (tertiary/aromatic N) is 2. The minimum absolute atomic E-state index is 0.167. The summed E-state index contributed by atoms with van der Waals surface area (Å²) in [6, 6.07) is 6.31. The highest BCUT2D eigenvalue weighted by atomic mass is 35.5. The quantitative estimate of drug-likeness (QED) is 0.931. The number of rotatable bonds is 3. The first-order valence-electron chi connectivity index (χ1n) is 6.97. The van der Waals surface area contributed by atoms with Crippen molar-refractivity contribution in [3.8, 4) is 0 Å². The number of hydrogen-bond acceptors (Lipinski definition) is 3. The van der Waals surface area contributed by atoms with Crippen LogP contribution in [0.5, 0.6) is 0 Å². The number of piperidine rings is 1. The summed E-state index contributed by atoms with van der Waals surface area (Å²) in [5, 5.41) is 4.32. The van der Waals surface area contributed by atoms with Gasteiger partial charge in [-0.15, -0.1) is 0 Å². The Morgan fingerprint density at radius 3 is 2.55 bits per heavy atom. The van der Waals surface area contributed by atoms with Crippen LogP contribution in [0, 0.1) is 0 Å². The predicted molar refractivity (Wildman–Crippen MR) is 84.7 cm³/mol. The van der Waals surface area contributed by atoms with E-state index in [0.717, 1.165) is 42.3 Å². The Labute approximate surface area is 125 Å². The summed E-state index contributed by atoms with van der Waals surface area (Å²) in [6.07, 6.45) is 1.94. The molecule has 0 saturated carbocycles. The number of nitrogens with one attached hydrogen (secondary N) is 1. The van der Waals surface area contributed by atoms with Crippen molar-refractivity contribution in [3.05, 3.63) is 23.2 Å². The smallest absolute Gasteiger partial charge is 0.219 e. The first-order chi connectivity index (χ1) is 9.49. The molecular weight excluding hydrogens is 274 g/mol. The molecule has 0 radical (unpaired) electrons. The lowest BCUT2D eigenvalue weighted by Gasteiger charge is -2.33. The second-order valence-corrected chi connectivity index (χ2v) is 5.86. The molecular formula is C15H22ClN3O. The van der Waals surface area contributed by atoms with E-state index in [2.05, 4.69) is 11.4 Å². The van der Waals surface area contributed by atoms with E-state index in [1.807, 2.05) is 36.0 Å². The molecule has 0 spiro atoms. The van der Waals surface area contributed by atoms with Crippen LogP contribution >= 0.6 is 11.6 Å². The molecule has 1 amide bonds. The van der Waals surface area contributed by atoms with Crippen LogP contribution in [0.2, 0.25) is 5.02 Å². The number of halogens is 1. The van der Waals surface area contributed by atoms with Gasteiger partial charge in [-0.05, 0) is 25.0 Å². The van der Waals surface area contributed by atoms with Crippen LogP contribution in [0.25, 0.3) is 0 Å². The van der Waals surface area contributed by atoms with E-state index in [1.165, 1.54) is 0 Å². The lowest BCUT2D eigenvalue weighted by Crippen LogP contribution is -2.41. The van der Waals surface area contributed by atoms with E-state index in [9.17, 15) is 4.79 Å². The summed E-state index contributed by atoms with van der Waals surface area (Å²) in [7, 11) is 3.98. The molecule has 5 heteroatoms. The van der Waals surface area contributed by atoms with Gasteiger partial charge in [-0.25, -0.2) is 0 Å². The maximum Gasteiger partial charge on any atom is 0.219 e. The van der Waals surface area contributed by atoms with Crippen LogP contribution < -0.4 is 10.2 Å². The normalized spacial score (nSPS) is 16.1. The van der Waals surface area contributed by atoms with Crippen LogP contribution in [-0.2, 0) is 4.79 Å². The van der Waals surface area contributed by atoms with Crippen molar-refractivity contribution in [2.75, 3.05) is 37.4 Å². The van der Waals surface area contributed by atoms with Crippen molar-refractivity contribution in [1.29, 1.82) is 0 Å². The van der Waals surface area contributed by atoms with E-state index in [-0.39, 0.29) is 5.91 Å². The second kappa shape index (κ2) is 6.35. The molecule has 0 unspecified atom stereocenters. The van der Waals surface area contributed by atoms with Crippen LogP contribution in [0.15, 0.2) is 18.2 Å². The largest absolute Gasteiger partial charge is 0.380 e. The zero-order valence-electron chi connectivity index (χ0n) is 12.3. The lowest BCUT2D eigenvalue weighted by atomic mass is 10.0. The first kappa shape index (κ1) is 15.0. The molecule has 1 saturated heterocycles. The fourth-order valence-electron chi connectivity index (χ4n) is 2.64. The fourth-order valence-corrected chi connectivity index (χ4v) is 2.99. The highest BCUT2D eigenvalue weighted by Gasteiger charge is 2.21. The topological polar surface area (TPSA) is 35.6 Å². The van der Waals surface area contributed by atoms with Gasteiger partial charge in [0, 0.05) is 40.2 Å². The van der Waals surface area contributed by atoms with Crippen molar-refractivity contribution in [3.63, 3.8) is 0 Å². The molecule has 1 aliphatic heterocycles. The van der Waals surface area contributed by atoms with Crippen molar-refractivity contribution in [2.24, 2.45) is 0 Å². The molecule has 0 aromatic heterocycles. The predicted octanol–water partition coefficient (Wildman–Crippen LogP) is 2.83. The molecule has 4 nitrogen and oxygen atoms in total. The van der Waals surface area contributed by atoms with Gasteiger partial charge in [0.15, 0.2) is 0 Å². The van der Waals surface area contributed by atoms with Crippen molar-refractivity contribution in [1.82, 2.24) is 4.90 Å². The first-order valence-corrected chi connectivity index (χ1v) is 7.34. The van der Waals surface area contributed by atoms with Gasteiger partial charge in [-0.1, -0.05) is 17.7 Å². The number of amides is 1. The third kappa shape index (κ3) is 3.37. The number of carbonyl (C=O) groups excluding carboxylic acids is 1. The third-order valence-electron chi connectivity index (χ3n) is 3.73. The van der Waals surface area contributed by atoms with E-state index >= 15 is 0 Å². The van der Waals surface area contributed by atoms with E-state index < -0.39 is 0 Å². The molecule has 1 N–H and O–H groups in total. The maximum atomic E-state index is 11.3. The number of carbonyl (C=O) groups is 1. The molecule has 0 atom stereocenters. The van der Waals surface area contributed by atoms with E-state index in [0.29, 0.717) is 6.04 Å². The molecule has 1 fully saturated rings. The average Bonchev–Trinajstić information content (AvgIpc) is 2.39. The maximum absolute atomic E-state index is 11.3. The summed E-state index contributed by atoms with van der Waals surface area (Å²) < 4.78 is 0. The van der Waals surface area contributed by atoms with Crippen molar-refractivity contribution >= 4 is 28.9 Å². The second-order valence-electron chi connectivity index (χ2n) is 5.46. The Balaban J connectivity index is 2.05. The number of likely N-dealkylation sites (tertiary alicyclic amines) is 1. The molecule has 1 heterocycles. The fraction of sp³-hybridized carbons (Fsp3) is 0.533. The van der Waals surface area contributed by atoms with Crippen molar-refractivity contribution < 1.29 is 4.79 Å². The van der Waals surface area contributed by atoms with Gasteiger partial charge in [0.2, 0.25) is 5.91 Å². The van der Waals surface area contributed by atoms with Gasteiger partial charge in [-0.2, -0.15) is 0 Å². The SMILES string of the molecule is CC(=O)N1CCC(Nc2cccc(Cl)c2N(C)C)CC1. The summed E-state index contributed by atoms with van der Waals surface area (Å²) in [4.78, 5) is 15.3. The van der Waals surface area contributed by atoms with E-state index in [4.69, 9.17) is 11.6 Å². The van der Waals surface area contributed by atoms with Crippen LogP contribution in [0.4, 0.5) is 11.4 Å². The molecule has 0 bridgehead atoms. The highest BCUT2D eigenvalue weighted by molar-refractivity contribution is 6.34. The Morgan fingerprint density at radius 1 is 1.35 bits per heavy atom. The molecule has 2 rings (SSSR count). The molecule has 20 heavy (non-hydrogen) atoms. The summed E-state index contributed by atoms with van der Waals surface area (Å²) in [5.74, 6) is 0.167. The van der Waals surface area contributed by atoms with Gasteiger partial charge < -0.3 is 15.1 Å². The number of benzene rings is 1. The van der Waals surface area contributed by atoms with Crippen molar-refractivity contribution in [2.45, 2.75) is 25.8 Å². The summed E-state index contributed by atoms with van der Waals surface area (Å²) in [6.45, 7) is 3.28. The average molecular weight is 296 g/mol. The zero-order chi connectivity index (χ0) is 14.7. The summed E-state index contributed by atoms with van der Waals surface area (Å²) >= 11 is 6.27. The lowest BCUT2D eigenvalue weighted by molar-refractivity contribution is -0.129. The number of anilines is 2. The molecule has 1 aromatic rings. The Morgan fingerprint density at radius 2 is 2.00 bits per heavy atom. The minimum Gasteiger partial charge on any atom is -0.380 e. The highest BCUT2D eigenvalue weighted by Crippen LogP contribution is 2.33. The van der Waals surface area contributed by atoms with Gasteiger partial charge in [0.05, 0.1) is 16.4 Å². The number of hydrogen-bond donors (Lipinski definition) is 1. The summed E-state index contributed by atoms with van der Waals surface area (Å²) in [5.41, 5.74) is 2.08. The van der Waals surface area contributed by atoms with E-state index in [1.54, 1.807) is 6.92 Å². The Bertz CT molecular complexity index is 482. The Hall–Kier alpha value is -1.42.